The van der Waals surface area contributed by atoms with Gasteiger partial charge < -0.3 is 0 Å². The van der Waals surface area contributed by atoms with Crippen molar-refractivity contribution in [1.82, 2.24) is 14.3 Å². The van der Waals surface area contributed by atoms with Crippen molar-refractivity contribution in [1.29, 1.82) is 0 Å². The van der Waals surface area contributed by atoms with Crippen molar-refractivity contribution >= 4 is 22.0 Å². The molecule has 0 aromatic heterocycles. The van der Waals surface area contributed by atoms with Crippen LogP contribution in [0.1, 0.15) is 41.3 Å². The predicted octanol–water partition coefficient (Wildman–Crippen LogP) is 5.28. The summed E-state index contributed by atoms with van der Waals surface area (Å²) in [4.78, 5) is 26.7. The number of hydrogen-bond acceptors (Lipinski definition) is 4. The zero-order valence-electron chi connectivity index (χ0n) is 21.3. The number of sulfonamides is 1. The topological polar surface area (TPSA) is 78.0 Å². The van der Waals surface area contributed by atoms with Crippen LogP contribution in [0, 0.1) is 12.7 Å². The summed E-state index contributed by atoms with van der Waals surface area (Å²) in [5.74, 6) is -1.04. The molecule has 0 aliphatic heterocycles. The van der Waals surface area contributed by atoms with E-state index in [-0.39, 0.29) is 23.5 Å². The van der Waals surface area contributed by atoms with Crippen molar-refractivity contribution in [3.63, 3.8) is 0 Å². The van der Waals surface area contributed by atoms with Gasteiger partial charge in [-0.2, -0.15) is 0 Å². The Morgan fingerprint density at radius 1 is 0.865 bits per heavy atom. The Labute approximate surface area is 218 Å². The standard InChI is InChI=1S/C28H32FN3O4S/c1-4-31(27(33)24-15-17-25(29)18-16-24)30(3)28(34)32(21-9-8-12-23-10-6-5-7-11-23)37(35,36)26-19-13-22(2)14-20-26/h5-7,10-11,13-20H,4,8-9,12,21H2,1-3H3. The molecule has 0 atom stereocenters. The van der Waals surface area contributed by atoms with E-state index in [9.17, 15) is 22.4 Å². The lowest BCUT2D eigenvalue weighted by atomic mass is 10.1. The minimum absolute atomic E-state index is 0.00387. The van der Waals surface area contributed by atoms with Gasteiger partial charge in [0, 0.05) is 25.7 Å². The van der Waals surface area contributed by atoms with Gasteiger partial charge in [0.1, 0.15) is 5.82 Å². The van der Waals surface area contributed by atoms with Crippen LogP contribution in [0.2, 0.25) is 0 Å². The molecule has 3 rings (SSSR count). The first-order valence-corrected chi connectivity index (χ1v) is 13.6. The fourth-order valence-electron chi connectivity index (χ4n) is 3.88. The number of hydrogen-bond donors (Lipinski definition) is 0. The highest BCUT2D eigenvalue weighted by Gasteiger charge is 2.34. The number of benzene rings is 3. The summed E-state index contributed by atoms with van der Waals surface area (Å²) in [7, 11) is -2.83. The third-order valence-corrected chi connectivity index (χ3v) is 7.79. The molecule has 9 heteroatoms. The predicted molar refractivity (Wildman–Crippen MR) is 141 cm³/mol. The lowest BCUT2D eigenvalue weighted by Crippen LogP contribution is -2.54. The van der Waals surface area contributed by atoms with E-state index >= 15 is 0 Å². The third-order valence-electron chi connectivity index (χ3n) is 6.01. The van der Waals surface area contributed by atoms with Gasteiger partial charge in [-0.25, -0.2) is 31.9 Å². The smallest absolute Gasteiger partial charge is 0.267 e. The Bertz CT molecular complexity index is 1300. The van der Waals surface area contributed by atoms with E-state index < -0.39 is 27.8 Å². The van der Waals surface area contributed by atoms with E-state index in [0.717, 1.165) is 44.0 Å². The maximum absolute atomic E-state index is 13.6. The summed E-state index contributed by atoms with van der Waals surface area (Å²) >= 11 is 0. The number of nitrogens with zero attached hydrogens (tertiary/aromatic N) is 3. The summed E-state index contributed by atoms with van der Waals surface area (Å²) in [6.07, 6.45) is 1.86. The molecule has 0 saturated carbocycles. The molecule has 3 aromatic rings. The molecule has 3 aromatic carbocycles. The molecule has 0 N–H and O–H groups in total. The minimum Gasteiger partial charge on any atom is -0.267 e. The number of amides is 3. The molecular weight excluding hydrogens is 493 g/mol. The van der Waals surface area contributed by atoms with Crippen molar-refractivity contribution < 1.29 is 22.4 Å². The van der Waals surface area contributed by atoms with E-state index in [4.69, 9.17) is 0 Å². The van der Waals surface area contributed by atoms with Gasteiger partial charge in [-0.05, 0) is 75.1 Å². The summed E-state index contributed by atoms with van der Waals surface area (Å²) in [5.41, 5.74) is 2.19. The van der Waals surface area contributed by atoms with Crippen molar-refractivity contribution in [3.8, 4) is 0 Å². The molecule has 196 valence electrons. The van der Waals surface area contributed by atoms with Crippen LogP contribution < -0.4 is 0 Å². The zero-order valence-corrected chi connectivity index (χ0v) is 22.1. The molecule has 0 aliphatic carbocycles. The van der Waals surface area contributed by atoms with Gasteiger partial charge in [-0.15, -0.1) is 0 Å². The van der Waals surface area contributed by atoms with E-state index in [1.54, 1.807) is 19.1 Å². The minimum atomic E-state index is -4.19. The lowest BCUT2D eigenvalue weighted by Gasteiger charge is -2.34. The lowest BCUT2D eigenvalue weighted by molar-refractivity contribution is 0.0235. The maximum atomic E-state index is 13.6. The Hall–Kier alpha value is -3.72. The van der Waals surface area contributed by atoms with Crippen LogP contribution in [-0.2, 0) is 16.4 Å². The zero-order chi connectivity index (χ0) is 27.0. The second-order valence-corrected chi connectivity index (χ2v) is 10.5. The van der Waals surface area contributed by atoms with E-state index in [1.807, 2.05) is 37.3 Å². The molecule has 0 saturated heterocycles. The molecular formula is C28H32FN3O4S. The van der Waals surface area contributed by atoms with Crippen LogP contribution >= 0.6 is 0 Å². The number of carbonyl (C=O) groups excluding carboxylic acids is 2. The van der Waals surface area contributed by atoms with Gasteiger partial charge in [0.25, 0.3) is 15.9 Å². The molecule has 0 radical (unpaired) electrons. The normalized spacial score (nSPS) is 11.1. The van der Waals surface area contributed by atoms with Crippen LogP contribution in [0.3, 0.4) is 0 Å². The molecule has 0 fully saturated rings. The van der Waals surface area contributed by atoms with Gasteiger partial charge in [0.05, 0.1) is 4.90 Å². The molecule has 37 heavy (non-hydrogen) atoms. The Morgan fingerprint density at radius 2 is 1.49 bits per heavy atom. The second-order valence-electron chi connectivity index (χ2n) is 8.67. The first-order chi connectivity index (χ1) is 17.6. The largest absolute Gasteiger partial charge is 0.352 e. The highest BCUT2D eigenvalue weighted by molar-refractivity contribution is 7.89. The maximum Gasteiger partial charge on any atom is 0.352 e. The van der Waals surface area contributed by atoms with Crippen molar-refractivity contribution in [3.05, 3.63) is 101 Å². The fourth-order valence-corrected chi connectivity index (χ4v) is 5.31. The molecule has 0 aliphatic rings. The first-order valence-electron chi connectivity index (χ1n) is 12.1. The van der Waals surface area contributed by atoms with E-state index in [1.165, 1.54) is 31.3 Å². The molecule has 3 amide bonds. The number of urea groups is 1. The van der Waals surface area contributed by atoms with Crippen LogP contribution in [0.4, 0.5) is 9.18 Å². The fraction of sp³-hybridized carbons (Fsp3) is 0.286. The summed E-state index contributed by atoms with van der Waals surface area (Å²) in [6.45, 7) is 3.57. The second kappa shape index (κ2) is 12.5. The van der Waals surface area contributed by atoms with Gasteiger partial charge in [-0.1, -0.05) is 48.0 Å². The first kappa shape index (κ1) is 27.9. The van der Waals surface area contributed by atoms with E-state index in [0.29, 0.717) is 12.8 Å². The average Bonchev–Trinajstić information content (AvgIpc) is 2.89. The number of unbranched alkanes of at least 4 members (excludes halogenated alkanes) is 1. The Balaban J connectivity index is 1.84. The Kier molecular flexibility index (Phi) is 9.41. The summed E-state index contributed by atoms with van der Waals surface area (Å²) in [5, 5.41) is 2.14. The SMILES string of the molecule is CCN(C(=O)c1ccc(F)cc1)N(C)C(=O)N(CCCCc1ccccc1)S(=O)(=O)c1ccc(C)cc1. The third kappa shape index (κ3) is 6.95. The van der Waals surface area contributed by atoms with Crippen LogP contribution in [0.5, 0.6) is 0 Å². The number of hydrazine groups is 1. The number of rotatable bonds is 9. The van der Waals surface area contributed by atoms with Crippen molar-refractivity contribution in [2.24, 2.45) is 0 Å². The highest BCUT2D eigenvalue weighted by Crippen LogP contribution is 2.20. The van der Waals surface area contributed by atoms with Gasteiger partial charge in [-0.3, -0.25) is 4.79 Å². The monoisotopic (exact) mass is 525 g/mol. The van der Waals surface area contributed by atoms with Gasteiger partial charge >= 0.3 is 6.03 Å². The average molecular weight is 526 g/mol. The Morgan fingerprint density at radius 3 is 2.08 bits per heavy atom. The highest BCUT2D eigenvalue weighted by atomic mass is 32.2. The van der Waals surface area contributed by atoms with Crippen LogP contribution in [-0.4, -0.2) is 54.8 Å². The van der Waals surface area contributed by atoms with Crippen molar-refractivity contribution in [2.45, 2.75) is 38.0 Å². The van der Waals surface area contributed by atoms with E-state index in [2.05, 4.69) is 0 Å². The number of aryl methyl sites for hydroxylation is 2. The molecule has 0 heterocycles. The van der Waals surface area contributed by atoms with Crippen LogP contribution in [0.15, 0.2) is 83.8 Å². The number of carbonyl (C=O) groups is 2. The van der Waals surface area contributed by atoms with Gasteiger partial charge in [0.2, 0.25) is 0 Å². The van der Waals surface area contributed by atoms with Crippen molar-refractivity contribution in [2.75, 3.05) is 20.1 Å². The number of halogens is 1. The molecule has 0 spiro atoms. The summed E-state index contributed by atoms with van der Waals surface area (Å²) < 4.78 is 41.3. The molecule has 0 bridgehead atoms. The summed E-state index contributed by atoms with van der Waals surface area (Å²) in [6, 6.07) is 20.2. The molecule has 0 unspecified atom stereocenters. The molecule has 7 nitrogen and oxygen atoms in total. The van der Waals surface area contributed by atoms with Gasteiger partial charge in [0.15, 0.2) is 0 Å². The quantitative estimate of drug-likeness (QED) is 0.281. The van der Waals surface area contributed by atoms with Crippen LogP contribution in [0.25, 0.3) is 0 Å².